The Hall–Kier alpha value is -0.860. The lowest BCUT2D eigenvalue weighted by atomic mass is 10.0. The van der Waals surface area contributed by atoms with E-state index in [1.54, 1.807) is 12.1 Å². The molecule has 0 nitrogen and oxygen atoms in total. The third-order valence-electron chi connectivity index (χ3n) is 2.61. The maximum absolute atomic E-state index is 13.8. The molecular weight excluding hydrogens is 303 g/mol. The maximum Gasteiger partial charge on any atom is 0.129 e. The molecule has 0 aliphatic rings. The van der Waals surface area contributed by atoms with Crippen LogP contribution < -0.4 is 0 Å². The molecule has 3 heteroatoms. The first-order valence-corrected chi connectivity index (χ1v) is 6.46. The van der Waals surface area contributed by atoms with Crippen molar-refractivity contribution in [1.29, 1.82) is 0 Å². The predicted octanol–water partition coefficient (Wildman–Crippen LogP) is 5.22. The first-order valence-electron chi connectivity index (χ1n) is 5.23. The highest BCUT2D eigenvalue weighted by Crippen LogP contribution is 2.31. The van der Waals surface area contributed by atoms with E-state index >= 15 is 0 Å². The van der Waals surface area contributed by atoms with Crippen molar-refractivity contribution < 1.29 is 4.39 Å². The number of rotatable bonds is 2. The van der Waals surface area contributed by atoms with Gasteiger partial charge >= 0.3 is 0 Å². The normalized spacial score (nSPS) is 12.5. The second-order valence-electron chi connectivity index (χ2n) is 3.94. The number of hydrogen-bond acceptors (Lipinski definition) is 0. The third-order valence-corrected chi connectivity index (χ3v) is 3.59. The lowest BCUT2D eigenvalue weighted by Gasteiger charge is -2.11. The molecule has 2 aromatic rings. The summed E-state index contributed by atoms with van der Waals surface area (Å²) in [6.07, 6.45) is 0. The zero-order valence-electron chi connectivity index (χ0n) is 9.25. The molecule has 0 saturated heterocycles. The minimum absolute atomic E-state index is 0.292. The van der Waals surface area contributed by atoms with Crippen LogP contribution >= 0.6 is 27.5 Å². The number of halogens is 3. The van der Waals surface area contributed by atoms with Crippen LogP contribution in [-0.4, -0.2) is 0 Å². The Balaban J connectivity index is 2.36. The van der Waals surface area contributed by atoms with Crippen LogP contribution in [0, 0.1) is 12.7 Å². The topological polar surface area (TPSA) is 0 Å². The van der Waals surface area contributed by atoms with Gasteiger partial charge in [-0.3, -0.25) is 0 Å². The van der Waals surface area contributed by atoms with Crippen molar-refractivity contribution >= 4 is 27.5 Å². The lowest BCUT2D eigenvalue weighted by Crippen LogP contribution is -1.97. The standard InChI is InChI=1S/C14H11BrClF/c1-9-2-4-10(5-3-9)14(16)12-7-6-11(15)8-13(12)17/h2-8,14H,1H3. The highest BCUT2D eigenvalue weighted by Gasteiger charge is 2.15. The lowest BCUT2D eigenvalue weighted by molar-refractivity contribution is 0.611. The number of benzene rings is 2. The van der Waals surface area contributed by atoms with Gasteiger partial charge in [-0.25, -0.2) is 4.39 Å². The van der Waals surface area contributed by atoms with Gasteiger partial charge in [0.1, 0.15) is 5.82 Å². The molecule has 2 aromatic carbocycles. The van der Waals surface area contributed by atoms with Gasteiger partial charge in [-0.2, -0.15) is 0 Å². The molecule has 0 amide bonds. The van der Waals surface area contributed by atoms with Crippen LogP contribution in [0.4, 0.5) is 4.39 Å². The van der Waals surface area contributed by atoms with E-state index in [0.717, 1.165) is 11.1 Å². The van der Waals surface area contributed by atoms with E-state index in [-0.39, 0.29) is 5.82 Å². The van der Waals surface area contributed by atoms with Crippen LogP contribution in [0.25, 0.3) is 0 Å². The summed E-state index contributed by atoms with van der Waals surface area (Å²) in [5.74, 6) is -0.292. The molecule has 0 aliphatic heterocycles. The quantitative estimate of drug-likeness (QED) is 0.666. The van der Waals surface area contributed by atoms with Crippen LogP contribution in [-0.2, 0) is 0 Å². The van der Waals surface area contributed by atoms with Crippen molar-refractivity contribution in [3.63, 3.8) is 0 Å². The number of aryl methyl sites for hydroxylation is 1. The molecule has 88 valence electrons. The predicted molar refractivity (Wildman–Crippen MR) is 73.0 cm³/mol. The Kier molecular flexibility index (Phi) is 3.85. The summed E-state index contributed by atoms with van der Waals surface area (Å²) in [7, 11) is 0. The summed E-state index contributed by atoms with van der Waals surface area (Å²) in [5, 5.41) is -0.455. The average molecular weight is 314 g/mol. The molecule has 0 saturated carbocycles. The summed E-state index contributed by atoms with van der Waals surface area (Å²) in [6.45, 7) is 2.01. The summed E-state index contributed by atoms with van der Waals surface area (Å²) in [6, 6.07) is 12.7. The molecule has 0 bridgehead atoms. The van der Waals surface area contributed by atoms with Crippen molar-refractivity contribution in [3.05, 3.63) is 69.4 Å². The molecule has 0 aliphatic carbocycles. The molecule has 2 rings (SSSR count). The van der Waals surface area contributed by atoms with Gasteiger partial charge in [-0.1, -0.05) is 51.8 Å². The van der Waals surface area contributed by atoms with E-state index < -0.39 is 5.38 Å². The van der Waals surface area contributed by atoms with Gasteiger partial charge < -0.3 is 0 Å². The Labute approximate surface area is 114 Å². The first kappa shape index (κ1) is 12.6. The highest BCUT2D eigenvalue weighted by molar-refractivity contribution is 9.10. The molecule has 0 spiro atoms. The fourth-order valence-corrected chi connectivity index (χ4v) is 2.28. The van der Waals surface area contributed by atoms with Gasteiger partial charge in [0.15, 0.2) is 0 Å². The summed E-state index contributed by atoms with van der Waals surface area (Å²) < 4.78 is 14.5. The average Bonchev–Trinajstić information content (AvgIpc) is 2.29. The van der Waals surface area contributed by atoms with Crippen LogP contribution in [0.15, 0.2) is 46.9 Å². The van der Waals surface area contributed by atoms with Gasteiger partial charge in [-0.05, 0) is 24.6 Å². The van der Waals surface area contributed by atoms with E-state index in [1.807, 2.05) is 31.2 Å². The fraction of sp³-hybridized carbons (Fsp3) is 0.143. The second-order valence-corrected chi connectivity index (χ2v) is 5.29. The van der Waals surface area contributed by atoms with Gasteiger partial charge in [0.2, 0.25) is 0 Å². The minimum atomic E-state index is -0.455. The molecule has 0 fully saturated rings. The monoisotopic (exact) mass is 312 g/mol. The summed E-state index contributed by atoms with van der Waals surface area (Å²) >= 11 is 9.51. The van der Waals surface area contributed by atoms with Gasteiger partial charge in [0, 0.05) is 10.0 Å². The minimum Gasteiger partial charge on any atom is -0.207 e. The summed E-state index contributed by atoms with van der Waals surface area (Å²) in [4.78, 5) is 0. The van der Waals surface area contributed by atoms with Gasteiger partial charge in [-0.15, -0.1) is 11.6 Å². The van der Waals surface area contributed by atoms with Crippen LogP contribution in [0.3, 0.4) is 0 Å². The fourth-order valence-electron chi connectivity index (χ4n) is 1.62. The Morgan fingerprint density at radius 3 is 2.35 bits per heavy atom. The van der Waals surface area contributed by atoms with Crippen LogP contribution in [0.2, 0.25) is 0 Å². The molecular formula is C14H11BrClF. The first-order chi connectivity index (χ1) is 8.08. The maximum atomic E-state index is 13.8. The van der Waals surface area contributed by atoms with Crippen molar-refractivity contribution in [1.82, 2.24) is 0 Å². The smallest absolute Gasteiger partial charge is 0.129 e. The molecule has 1 atom stereocenters. The summed E-state index contributed by atoms with van der Waals surface area (Å²) in [5.41, 5.74) is 2.56. The van der Waals surface area contributed by atoms with E-state index in [0.29, 0.717) is 10.0 Å². The largest absolute Gasteiger partial charge is 0.207 e. The van der Waals surface area contributed by atoms with Gasteiger partial charge in [0.05, 0.1) is 5.38 Å². The zero-order valence-corrected chi connectivity index (χ0v) is 11.6. The number of alkyl halides is 1. The molecule has 0 radical (unpaired) electrons. The van der Waals surface area contributed by atoms with E-state index in [2.05, 4.69) is 15.9 Å². The number of hydrogen-bond donors (Lipinski definition) is 0. The zero-order chi connectivity index (χ0) is 12.4. The van der Waals surface area contributed by atoms with Crippen molar-refractivity contribution in [3.8, 4) is 0 Å². The van der Waals surface area contributed by atoms with E-state index in [9.17, 15) is 4.39 Å². The molecule has 0 N–H and O–H groups in total. The highest BCUT2D eigenvalue weighted by atomic mass is 79.9. The Morgan fingerprint density at radius 2 is 1.76 bits per heavy atom. The van der Waals surface area contributed by atoms with Crippen LogP contribution in [0.5, 0.6) is 0 Å². The van der Waals surface area contributed by atoms with E-state index in [4.69, 9.17) is 11.6 Å². The SMILES string of the molecule is Cc1ccc(C(Cl)c2ccc(Br)cc2F)cc1. The van der Waals surface area contributed by atoms with Gasteiger partial charge in [0.25, 0.3) is 0 Å². The van der Waals surface area contributed by atoms with E-state index in [1.165, 1.54) is 6.07 Å². The van der Waals surface area contributed by atoms with Crippen molar-refractivity contribution in [2.45, 2.75) is 12.3 Å². The Bertz CT molecular complexity index is 522. The van der Waals surface area contributed by atoms with Crippen molar-refractivity contribution in [2.75, 3.05) is 0 Å². The van der Waals surface area contributed by atoms with Crippen LogP contribution in [0.1, 0.15) is 22.1 Å². The molecule has 1 unspecified atom stereocenters. The molecule has 0 aromatic heterocycles. The second kappa shape index (κ2) is 5.19. The Morgan fingerprint density at radius 1 is 1.12 bits per heavy atom. The van der Waals surface area contributed by atoms with Crippen molar-refractivity contribution in [2.24, 2.45) is 0 Å². The molecule has 0 heterocycles. The molecule has 17 heavy (non-hydrogen) atoms. The third kappa shape index (κ3) is 2.88.